The fraction of sp³-hybridized carbons (Fsp3) is 0.556. The van der Waals surface area contributed by atoms with E-state index in [9.17, 15) is 4.39 Å². The predicted octanol–water partition coefficient (Wildman–Crippen LogP) is 4.94. The van der Waals surface area contributed by atoms with Gasteiger partial charge in [0, 0.05) is 0 Å². The molecule has 0 unspecified atom stereocenters. The second kappa shape index (κ2) is 5.50. The van der Waals surface area contributed by atoms with Gasteiger partial charge in [-0.2, -0.15) is 0 Å². The summed E-state index contributed by atoms with van der Waals surface area (Å²) in [6.07, 6.45) is 0. The molecule has 1 aliphatic heterocycles. The highest BCUT2D eigenvalue weighted by Gasteiger charge is 2.53. The van der Waals surface area contributed by atoms with E-state index in [4.69, 9.17) is 9.31 Å². The number of rotatable bonds is 2. The summed E-state index contributed by atoms with van der Waals surface area (Å²) in [4.78, 5) is 0. The van der Waals surface area contributed by atoms with Crippen molar-refractivity contribution in [1.82, 2.24) is 0 Å². The molecule has 2 nitrogen and oxygen atoms in total. The minimum atomic E-state index is -0.940. The van der Waals surface area contributed by atoms with Crippen molar-refractivity contribution in [2.45, 2.75) is 66.6 Å². The Bertz CT molecular complexity index is 593. The molecule has 1 aromatic rings. The van der Waals surface area contributed by atoms with Crippen LogP contribution < -0.4 is 0 Å². The molecule has 0 bridgehead atoms. The van der Waals surface area contributed by atoms with Gasteiger partial charge in [-0.3, -0.25) is 0 Å². The van der Waals surface area contributed by atoms with Crippen LogP contribution in [0.1, 0.15) is 56.9 Å². The first-order valence-electron chi connectivity index (χ1n) is 7.76. The Balaban J connectivity index is 2.44. The van der Waals surface area contributed by atoms with Gasteiger partial charge in [-0.25, -0.2) is 4.39 Å². The van der Waals surface area contributed by atoms with Gasteiger partial charge < -0.3 is 9.31 Å². The van der Waals surface area contributed by atoms with E-state index in [1.54, 1.807) is 6.92 Å². The normalized spacial score (nSPS) is 21.0. The number of benzene rings is 1. The topological polar surface area (TPSA) is 18.5 Å². The van der Waals surface area contributed by atoms with E-state index >= 15 is 0 Å². The van der Waals surface area contributed by atoms with Gasteiger partial charge in [0.25, 0.3) is 0 Å². The molecule has 4 heteroatoms. The summed E-state index contributed by atoms with van der Waals surface area (Å²) >= 11 is 0. The summed E-state index contributed by atoms with van der Waals surface area (Å²) in [6, 6.07) is 4.15. The molecule has 1 aliphatic rings. The van der Waals surface area contributed by atoms with Gasteiger partial charge in [0.2, 0.25) is 0 Å². The minimum absolute atomic E-state index is 0.339. The molecule has 22 heavy (non-hydrogen) atoms. The first kappa shape index (κ1) is 17.2. The van der Waals surface area contributed by atoms with Gasteiger partial charge in [-0.15, -0.1) is 0 Å². The maximum Gasteiger partial charge on any atom is 0.525 e. The van der Waals surface area contributed by atoms with E-state index in [0.717, 1.165) is 16.7 Å². The van der Waals surface area contributed by atoms with Crippen LogP contribution in [-0.4, -0.2) is 18.3 Å². The standard InChI is InChI=1S/C18H26BFO2/c1-11-9-12(2)15(13(3)10-11)14(4)16(20)19-21-17(5,6)18(7,8)22-19/h9-10H,1-8H3. The van der Waals surface area contributed by atoms with Crippen molar-refractivity contribution in [1.29, 1.82) is 0 Å². The first-order chi connectivity index (χ1) is 9.96. The predicted molar refractivity (Wildman–Crippen MR) is 90.4 cm³/mol. The molecule has 0 N–H and O–H groups in total. The Labute approximate surface area is 133 Å². The molecule has 0 saturated carbocycles. The molecule has 2 rings (SSSR count). The lowest BCUT2D eigenvalue weighted by molar-refractivity contribution is 0.00578. The zero-order valence-electron chi connectivity index (χ0n) is 14.9. The number of halogens is 1. The van der Waals surface area contributed by atoms with Crippen LogP contribution in [0.15, 0.2) is 17.9 Å². The number of allylic oxidation sites excluding steroid dienone is 1. The van der Waals surface area contributed by atoms with Gasteiger partial charge in [-0.05, 0) is 77.7 Å². The Morgan fingerprint density at radius 3 is 1.77 bits per heavy atom. The highest BCUT2D eigenvalue weighted by molar-refractivity contribution is 6.55. The van der Waals surface area contributed by atoms with Gasteiger partial charge >= 0.3 is 7.12 Å². The van der Waals surface area contributed by atoms with Crippen LogP contribution in [0.2, 0.25) is 0 Å². The fourth-order valence-electron chi connectivity index (χ4n) is 3.01. The number of aryl methyl sites for hydroxylation is 3. The van der Waals surface area contributed by atoms with Crippen LogP contribution in [0.3, 0.4) is 0 Å². The quantitative estimate of drug-likeness (QED) is 0.720. The molecular weight excluding hydrogens is 278 g/mol. The summed E-state index contributed by atoms with van der Waals surface area (Å²) < 4.78 is 26.6. The van der Waals surface area contributed by atoms with Crippen LogP contribution in [0, 0.1) is 20.8 Å². The second-order valence-electron chi connectivity index (χ2n) is 7.33. The van der Waals surface area contributed by atoms with Crippen molar-refractivity contribution < 1.29 is 13.7 Å². The number of hydrogen-bond donors (Lipinski definition) is 0. The third-order valence-corrected chi connectivity index (χ3v) is 4.87. The molecular formula is C18H26BFO2. The van der Waals surface area contributed by atoms with Crippen LogP contribution in [-0.2, 0) is 9.31 Å². The maximum atomic E-state index is 15.0. The van der Waals surface area contributed by atoms with E-state index in [-0.39, 0.29) is 5.73 Å². The summed E-state index contributed by atoms with van der Waals surface area (Å²) in [5.41, 5.74) is 3.45. The van der Waals surface area contributed by atoms with E-state index in [0.29, 0.717) is 5.57 Å². The Morgan fingerprint density at radius 2 is 1.36 bits per heavy atom. The Hall–Kier alpha value is -1.13. The summed E-state index contributed by atoms with van der Waals surface area (Å²) in [7, 11) is -0.940. The fourth-order valence-corrected chi connectivity index (χ4v) is 3.01. The second-order valence-corrected chi connectivity index (χ2v) is 7.33. The largest absolute Gasteiger partial charge is 0.525 e. The van der Waals surface area contributed by atoms with E-state index in [2.05, 4.69) is 12.1 Å². The molecule has 0 radical (unpaired) electrons. The first-order valence-corrected chi connectivity index (χ1v) is 7.76. The maximum absolute atomic E-state index is 15.0. The van der Waals surface area contributed by atoms with Crippen LogP contribution in [0.5, 0.6) is 0 Å². The molecule has 0 aromatic heterocycles. The average Bonchev–Trinajstić information content (AvgIpc) is 2.56. The van der Waals surface area contributed by atoms with E-state index in [1.807, 2.05) is 48.5 Å². The van der Waals surface area contributed by atoms with Crippen molar-refractivity contribution in [2.24, 2.45) is 0 Å². The van der Waals surface area contributed by atoms with Gasteiger partial charge in [-0.1, -0.05) is 17.7 Å². The van der Waals surface area contributed by atoms with Gasteiger partial charge in [0.15, 0.2) is 0 Å². The van der Waals surface area contributed by atoms with Gasteiger partial charge in [0.1, 0.15) is 5.73 Å². The molecule has 0 spiro atoms. The van der Waals surface area contributed by atoms with Gasteiger partial charge in [0.05, 0.1) is 11.2 Å². The highest BCUT2D eigenvalue weighted by atomic mass is 19.1. The summed E-state index contributed by atoms with van der Waals surface area (Å²) in [5, 5.41) is 0. The Kier molecular flexibility index (Phi) is 4.31. The van der Waals surface area contributed by atoms with Crippen molar-refractivity contribution in [3.05, 3.63) is 40.1 Å². The van der Waals surface area contributed by atoms with Crippen molar-refractivity contribution >= 4 is 12.7 Å². The summed E-state index contributed by atoms with van der Waals surface area (Å²) in [5.74, 6) is 0. The van der Waals surface area contributed by atoms with Crippen LogP contribution in [0.4, 0.5) is 4.39 Å². The number of hydrogen-bond acceptors (Lipinski definition) is 2. The molecule has 1 heterocycles. The van der Waals surface area contributed by atoms with Crippen LogP contribution in [0.25, 0.3) is 5.57 Å². The van der Waals surface area contributed by atoms with E-state index < -0.39 is 18.3 Å². The molecule has 1 fully saturated rings. The summed E-state index contributed by atoms with van der Waals surface area (Å²) in [6.45, 7) is 15.6. The zero-order chi connectivity index (χ0) is 16.9. The SMILES string of the molecule is CC(=C(F)B1OC(C)(C)C(C)(C)O1)c1c(C)cc(C)cc1C. The highest BCUT2D eigenvalue weighted by Crippen LogP contribution is 2.40. The monoisotopic (exact) mass is 304 g/mol. The lowest BCUT2D eigenvalue weighted by Gasteiger charge is -2.32. The lowest BCUT2D eigenvalue weighted by Crippen LogP contribution is -2.41. The molecule has 0 amide bonds. The van der Waals surface area contributed by atoms with E-state index in [1.165, 1.54) is 5.56 Å². The lowest BCUT2D eigenvalue weighted by atomic mass is 9.81. The third kappa shape index (κ3) is 2.87. The zero-order valence-corrected chi connectivity index (χ0v) is 14.9. The minimum Gasteiger partial charge on any atom is -0.398 e. The molecule has 120 valence electrons. The molecule has 1 saturated heterocycles. The van der Waals surface area contributed by atoms with Crippen LogP contribution >= 0.6 is 0 Å². The molecule has 0 aliphatic carbocycles. The van der Waals surface area contributed by atoms with Crippen molar-refractivity contribution in [2.75, 3.05) is 0 Å². The third-order valence-electron chi connectivity index (χ3n) is 4.87. The Morgan fingerprint density at radius 1 is 0.955 bits per heavy atom. The molecule has 0 atom stereocenters. The van der Waals surface area contributed by atoms with Crippen molar-refractivity contribution in [3.63, 3.8) is 0 Å². The van der Waals surface area contributed by atoms with Crippen molar-refractivity contribution in [3.8, 4) is 0 Å². The smallest absolute Gasteiger partial charge is 0.398 e. The average molecular weight is 304 g/mol. The molecule has 1 aromatic carbocycles.